The molecule has 2 aromatic rings. The third kappa shape index (κ3) is 3.70. The van der Waals surface area contributed by atoms with Gasteiger partial charge in [0.25, 0.3) is 0 Å². The molecular weight excluding hydrogens is 351 g/mol. The Morgan fingerprint density at radius 3 is 2.52 bits per heavy atom. The van der Waals surface area contributed by atoms with Gasteiger partial charge in [-0.15, -0.1) is 11.3 Å². The molecule has 0 atom stereocenters. The van der Waals surface area contributed by atoms with Gasteiger partial charge in [0, 0.05) is 23.0 Å². The van der Waals surface area contributed by atoms with Gasteiger partial charge in [0.05, 0.1) is 10.0 Å². The fraction of sp³-hybridized carbons (Fsp3) is 0.231. The summed E-state index contributed by atoms with van der Waals surface area (Å²) in [7, 11) is -3.71. The summed E-state index contributed by atoms with van der Waals surface area (Å²) < 4.78 is 27.4. The van der Waals surface area contributed by atoms with Crippen molar-refractivity contribution in [3.05, 3.63) is 44.6 Å². The van der Waals surface area contributed by atoms with Crippen molar-refractivity contribution in [2.75, 3.05) is 12.3 Å². The number of halogens is 2. The molecule has 1 heterocycles. The van der Waals surface area contributed by atoms with Crippen LogP contribution in [0.2, 0.25) is 9.36 Å². The number of rotatable bonds is 5. The lowest BCUT2D eigenvalue weighted by Gasteiger charge is -2.20. The minimum absolute atomic E-state index is 0.0273. The molecule has 0 radical (unpaired) electrons. The molecule has 0 spiro atoms. The highest BCUT2D eigenvalue weighted by atomic mass is 35.5. The van der Waals surface area contributed by atoms with E-state index in [0.717, 1.165) is 4.88 Å². The van der Waals surface area contributed by atoms with E-state index in [-0.39, 0.29) is 17.1 Å². The van der Waals surface area contributed by atoms with E-state index in [4.69, 9.17) is 28.9 Å². The van der Waals surface area contributed by atoms with Gasteiger partial charge in [-0.2, -0.15) is 4.31 Å². The van der Waals surface area contributed by atoms with Crippen LogP contribution in [0.15, 0.2) is 35.2 Å². The number of hydrogen-bond donors (Lipinski definition) is 1. The molecule has 2 N–H and O–H groups in total. The summed E-state index contributed by atoms with van der Waals surface area (Å²) in [5.41, 5.74) is 5.97. The highest BCUT2D eigenvalue weighted by Gasteiger charge is 2.26. The van der Waals surface area contributed by atoms with E-state index in [9.17, 15) is 8.42 Å². The monoisotopic (exact) mass is 364 g/mol. The summed E-state index contributed by atoms with van der Waals surface area (Å²) in [5, 5.41) is 0.331. The van der Waals surface area contributed by atoms with Gasteiger partial charge in [0.1, 0.15) is 4.90 Å². The van der Waals surface area contributed by atoms with Crippen LogP contribution in [0.3, 0.4) is 0 Å². The Labute approximate surface area is 138 Å². The lowest BCUT2D eigenvalue weighted by Crippen LogP contribution is -2.30. The molecule has 0 saturated carbocycles. The molecule has 0 fully saturated rings. The lowest BCUT2D eigenvalue weighted by atomic mass is 10.3. The average molecular weight is 365 g/mol. The Morgan fingerprint density at radius 2 is 1.95 bits per heavy atom. The number of thiophene rings is 1. The second-order valence-corrected chi connectivity index (χ2v) is 8.46. The number of nitrogen functional groups attached to an aromatic ring is 1. The minimum atomic E-state index is -3.71. The highest BCUT2D eigenvalue weighted by molar-refractivity contribution is 7.89. The first kappa shape index (κ1) is 16.6. The molecule has 21 heavy (non-hydrogen) atoms. The van der Waals surface area contributed by atoms with Crippen molar-refractivity contribution in [2.24, 2.45) is 0 Å². The van der Waals surface area contributed by atoms with Crippen LogP contribution in [-0.2, 0) is 16.6 Å². The van der Waals surface area contributed by atoms with Crippen LogP contribution in [0.5, 0.6) is 0 Å². The Kier molecular flexibility index (Phi) is 5.16. The molecule has 0 saturated heterocycles. The van der Waals surface area contributed by atoms with E-state index in [0.29, 0.717) is 15.9 Å². The lowest BCUT2D eigenvalue weighted by molar-refractivity contribution is 0.426. The molecule has 0 bridgehead atoms. The second-order valence-electron chi connectivity index (χ2n) is 4.32. The smallest absolute Gasteiger partial charge is 0.245 e. The zero-order valence-corrected chi connectivity index (χ0v) is 14.4. The third-order valence-electron chi connectivity index (χ3n) is 2.91. The number of nitrogens with two attached hydrogens (primary N) is 1. The largest absolute Gasteiger partial charge is 0.398 e. The van der Waals surface area contributed by atoms with Gasteiger partial charge in [-0.1, -0.05) is 30.1 Å². The number of benzene rings is 1. The molecular formula is C13H14Cl2N2O2S2. The topological polar surface area (TPSA) is 63.4 Å². The molecule has 114 valence electrons. The van der Waals surface area contributed by atoms with Crippen molar-refractivity contribution in [2.45, 2.75) is 18.4 Å². The summed E-state index contributed by atoms with van der Waals surface area (Å²) in [4.78, 5) is 0.894. The first-order valence-corrected chi connectivity index (χ1v) is 9.15. The van der Waals surface area contributed by atoms with E-state index in [1.165, 1.54) is 27.8 Å². The summed E-state index contributed by atoms with van der Waals surface area (Å²) in [6.45, 7) is 2.35. The molecule has 0 unspecified atom stereocenters. The van der Waals surface area contributed by atoms with Crippen molar-refractivity contribution in [3.63, 3.8) is 0 Å². The quantitative estimate of drug-likeness (QED) is 0.819. The van der Waals surface area contributed by atoms with Crippen molar-refractivity contribution in [1.82, 2.24) is 4.31 Å². The van der Waals surface area contributed by atoms with Gasteiger partial charge in [0.2, 0.25) is 10.0 Å². The first-order chi connectivity index (χ1) is 9.84. The van der Waals surface area contributed by atoms with Crippen molar-refractivity contribution in [1.29, 1.82) is 0 Å². The summed E-state index contributed by atoms with van der Waals surface area (Å²) in [6.07, 6.45) is 0. The number of nitrogens with zero attached hydrogens (tertiary/aromatic N) is 1. The summed E-state index contributed by atoms with van der Waals surface area (Å²) in [5.74, 6) is 0. The first-order valence-electron chi connectivity index (χ1n) is 6.14. The number of sulfonamides is 1. The van der Waals surface area contributed by atoms with Crippen LogP contribution >= 0.6 is 34.5 Å². The molecule has 1 aromatic carbocycles. The van der Waals surface area contributed by atoms with Crippen LogP contribution in [0.1, 0.15) is 11.8 Å². The third-order valence-corrected chi connectivity index (χ3v) is 6.33. The predicted octanol–water partition coefficient (Wildman–Crippen LogP) is 3.85. The minimum Gasteiger partial charge on any atom is -0.398 e. The van der Waals surface area contributed by atoms with Crippen molar-refractivity contribution >= 4 is 50.2 Å². The maximum atomic E-state index is 12.7. The molecule has 2 rings (SSSR count). The van der Waals surface area contributed by atoms with Gasteiger partial charge < -0.3 is 5.73 Å². The maximum absolute atomic E-state index is 12.7. The Bertz CT molecular complexity index is 744. The van der Waals surface area contributed by atoms with Crippen molar-refractivity contribution < 1.29 is 8.42 Å². The van der Waals surface area contributed by atoms with Crippen LogP contribution < -0.4 is 5.73 Å². The van der Waals surface area contributed by atoms with Crippen LogP contribution in [0.4, 0.5) is 5.69 Å². The molecule has 1 aromatic heterocycles. The molecule has 0 aliphatic heterocycles. The van der Waals surface area contributed by atoms with Gasteiger partial charge in [-0.3, -0.25) is 0 Å². The van der Waals surface area contributed by atoms with Crippen molar-refractivity contribution in [3.8, 4) is 0 Å². The normalized spacial score (nSPS) is 12.0. The Hall–Kier alpha value is -0.790. The van der Waals surface area contributed by atoms with Crippen LogP contribution in [0, 0.1) is 0 Å². The highest BCUT2D eigenvalue weighted by Crippen LogP contribution is 2.29. The van der Waals surface area contributed by atoms with E-state index >= 15 is 0 Å². The zero-order chi connectivity index (χ0) is 15.6. The van der Waals surface area contributed by atoms with Crippen LogP contribution in [0.25, 0.3) is 0 Å². The summed E-state index contributed by atoms with van der Waals surface area (Å²) >= 11 is 13.1. The predicted molar refractivity (Wildman–Crippen MR) is 88.5 cm³/mol. The molecule has 0 aliphatic rings. The Morgan fingerprint density at radius 1 is 1.24 bits per heavy atom. The fourth-order valence-electron chi connectivity index (χ4n) is 1.85. The standard InChI is InChI=1S/C13H14Cl2N2O2S2/c1-2-17(8-10-4-6-13(15)20-10)21(18,19)12-7-9(14)3-5-11(12)16/h3-7H,2,8,16H2,1H3. The summed E-state index contributed by atoms with van der Waals surface area (Å²) in [6, 6.07) is 7.98. The second kappa shape index (κ2) is 6.54. The van der Waals surface area contributed by atoms with Gasteiger partial charge in [-0.25, -0.2) is 8.42 Å². The average Bonchev–Trinajstić information content (AvgIpc) is 2.84. The number of hydrogen-bond acceptors (Lipinski definition) is 4. The number of anilines is 1. The van der Waals surface area contributed by atoms with E-state index in [1.54, 1.807) is 19.1 Å². The van der Waals surface area contributed by atoms with Gasteiger partial charge in [0.15, 0.2) is 0 Å². The van der Waals surface area contributed by atoms with E-state index in [1.807, 2.05) is 6.07 Å². The van der Waals surface area contributed by atoms with Gasteiger partial charge in [-0.05, 0) is 30.3 Å². The van der Waals surface area contributed by atoms with E-state index in [2.05, 4.69) is 0 Å². The fourth-order valence-corrected chi connectivity index (χ4v) is 4.84. The van der Waals surface area contributed by atoms with Crippen LogP contribution in [-0.4, -0.2) is 19.3 Å². The van der Waals surface area contributed by atoms with E-state index < -0.39 is 10.0 Å². The zero-order valence-electron chi connectivity index (χ0n) is 11.2. The Balaban J connectivity index is 2.37. The molecule has 0 aliphatic carbocycles. The molecule has 4 nitrogen and oxygen atoms in total. The maximum Gasteiger partial charge on any atom is 0.245 e. The SMILES string of the molecule is CCN(Cc1ccc(Cl)s1)S(=O)(=O)c1cc(Cl)ccc1N. The molecule has 0 amide bonds. The van der Waals surface area contributed by atoms with Gasteiger partial charge >= 0.3 is 0 Å². The molecule has 8 heteroatoms.